The molecule has 0 aliphatic carbocycles. The molecular formula is C13H12F3NO2. The molecule has 102 valence electrons. The van der Waals surface area contributed by atoms with E-state index in [-0.39, 0.29) is 5.75 Å². The van der Waals surface area contributed by atoms with Crippen molar-refractivity contribution in [2.75, 3.05) is 13.2 Å². The molecular weight excluding hydrogens is 259 g/mol. The molecule has 3 nitrogen and oxygen atoms in total. The third-order valence-corrected chi connectivity index (χ3v) is 2.38. The quantitative estimate of drug-likeness (QED) is 0.851. The second kappa shape index (κ2) is 5.34. The predicted octanol–water partition coefficient (Wildman–Crippen LogP) is 3.57. The molecule has 0 radical (unpaired) electrons. The number of benzene rings is 1. The number of aromatic nitrogens is 1. The van der Waals surface area contributed by atoms with E-state index < -0.39 is 12.8 Å². The van der Waals surface area contributed by atoms with Crippen LogP contribution in [0, 0.1) is 0 Å². The number of alkyl halides is 3. The highest BCUT2D eigenvalue weighted by Gasteiger charge is 2.28. The van der Waals surface area contributed by atoms with Crippen molar-refractivity contribution < 1.29 is 22.6 Å². The zero-order valence-electron chi connectivity index (χ0n) is 10.2. The molecule has 1 heterocycles. The van der Waals surface area contributed by atoms with Crippen molar-refractivity contribution in [1.29, 1.82) is 0 Å². The van der Waals surface area contributed by atoms with Crippen molar-refractivity contribution in [3.05, 3.63) is 30.5 Å². The van der Waals surface area contributed by atoms with Gasteiger partial charge in [0, 0.05) is 11.6 Å². The largest absolute Gasteiger partial charge is 0.484 e. The molecule has 0 fully saturated rings. The van der Waals surface area contributed by atoms with Crippen molar-refractivity contribution in [3.8, 4) is 11.6 Å². The number of hydrogen-bond acceptors (Lipinski definition) is 3. The Morgan fingerprint density at radius 2 is 1.95 bits per heavy atom. The molecule has 0 saturated heterocycles. The van der Waals surface area contributed by atoms with Crippen LogP contribution in [0.15, 0.2) is 30.5 Å². The SMILES string of the molecule is CCOc1nccc2cc(OCC(F)(F)F)ccc12. The molecule has 0 aliphatic heterocycles. The van der Waals surface area contributed by atoms with Crippen LogP contribution in [0.4, 0.5) is 13.2 Å². The molecule has 0 atom stereocenters. The van der Waals surface area contributed by atoms with Gasteiger partial charge in [-0.3, -0.25) is 0 Å². The van der Waals surface area contributed by atoms with Gasteiger partial charge in [-0.15, -0.1) is 0 Å². The topological polar surface area (TPSA) is 31.4 Å². The summed E-state index contributed by atoms with van der Waals surface area (Å²) in [5, 5.41) is 1.46. The Morgan fingerprint density at radius 3 is 2.63 bits per heavy atom. The molecule has 1 aromatic carbocycles. The third kappa shape index (κ3) is 3.49. The Morgan fingerprint density at radius 1 is 1.16 bits per heavy atom. The van der Waals surface area contributed by atoms with Crippen molar-refractivity contribution >= 4 is 10.8 Å². The molecule has 0 bridgehead atoms. The first-order chi connectivity index (χ1) is 8.99. The van der Waals surface area contributed by atoms with Gasteiger partial charge in [0.2, 0.25) is 5.88 Å². The molecule has 19 heavy (non-hydrogen) atoms. The van der Waals surface area contributed by atoms with Crippen LogP contribution in [0.3, 0.4) is 0 Å². The maximum atomic E-state index is 12.1. The van der Waals surface area contributed by atoms with Crippen LogP contribution in [0.2, 0.25) is 0 Å². The first-order valence-corrected chi connectivity index (χ1v) is 5.71. The maximum absolute atomic E-state index is 12.1. The zero-order valence-corrected chi connectivity index (χ0v) is 10.2. The molecule has 0 N–H and O–H groups in total. The second-order valence-corrected chi connectivity index (χ2v) is 3.84. The van der Waals surface area contributed by atoms with Crippen molar-refractivity contribution in [3.63, 3.8) is 0 Å². The number of pyridine rings is 1. The minimum absolute atomic E-state index is 0.165. The monoisotopic (exact) mass is 271 g/mol. The lowest BCUT2D eigenvalue weighted by Crippen LogP contribution is -2.19. The minimum Gasteiger partial charge on any atom is -0.484 e. The summed E-state index contributed by atoms with van der Waals surface area (Å²) in [5.74, 6) is 0.626. The van der Waals surface area contributed by atoms with Gasteiger partial charge in [0.05, 0.1) is 6.61 Å². The fourth-order valence-corrected chi connectivity index (χ4v) is 1.63. The first-order valence-electron chi connectivity index (χ1n) is 5.71. The summed E-state index contributed by atoms with van der Waals surface area (Å²) in [7, 11) is 0. The number of nitrogens with zero attached hydrogens (tertiary/aromatic N) is 1. The Hall–Kier alpha value is -1.98. The van der Waals surface area contributed by atoms with Crippen molar-refractivity contribution in [1.82, 2.24) is 4.98 Å². The molecule has 0 aliphatic rings. The van der Waals surface area contributed by atoms with Gasteiger partial charge in [0.1, 0.15) is 5.75 Å². The second-order valence-electron chi connectivity index (χ2n) is 3.84. The summed E-state index contributed by atoms with van der Waals surface area (Å²) in [6.45, 7) is 1.00. The van der Waals surface area contributed by atoms with Crippen LogP contribution in [-0.4, -0.2) is 24.4 Å². The fourth-order valence-electron chi connectivity index (χ4n) is 1.63. The normalized spacial score (nSPS) is 11.6. The smallest absolute Gasteiger partial charge is 0.422 e. The Kier molecular flexibility index (Phi) is 3.78. The summed E-state index contributed by atoms with van der Waals surface area (Å²) < 4.78 is 46.2. The Bertz CT molecular complexity index is 569. The van der Waals surface area contributed by atoms with E-state index in [1.165, 1.54) is 12.1 Å². The van der Waals surface area contributed by atoms with Gasteiger partial charge in [-0.25, -0.2) is 4.98 Å². The summed E-state index contributed by atoms with van der Waals surface area (Å²) >= 11 is 0. The number of rotatable bonds is 4. The Balaban J connectivity index is 2.26. The third-order valence-electron chi connectivity index (χ3n) is 2.38. The molecule has 2 aromatic rings. The zero-order chi connectivity index (χ0) is 13.9. The van der Waals surface area contributed by atoms with Gasteiger partial charge in [0.25, 0.3) is 0 Å². The van der Waals surface area contributed by atoms with E-state index in [2.05, 4.69) is 4.98 Å². The first kappa shape index (κ1) is 13.5. The molecule has 1 aromatic heterocycles. The van der Waals surface area contributed by atoms with Crippen LogP contribution < -0.4 is 9.47 Å². The highest BCUT2D eigenvalue weighted by atomic mass is 19.4. The number of fused-ring (bicyclic) bond motifs is 1. The molecule has 0 spiro atoms. The minimum atomic E-state index is -4.34. The van der Waals surface area contributed by atoms with Crippen LogP contribution in [-0.2, 0) is 0 Å². The molecule has 0 amide bonds. The van der Waals surface area contributed by atoms with Crippen LogP contribution >= 0.6 is 0 Å². The number of hydrogen-bond donors (Lipinski definition) is 0. The maximum Gasteiger partial charge on any atom is 0.422 e. The molecule has 6 heteroatoms. The van der Waals surface area contributed by atoms with Crippen LogP contribution in [0.5, 0.6) is 11.6 Å². The molecule has 2 rings (SSSR count). The molecule has 0 unspecified atom stereocenters. The van der Waals surface area contributed by atoms with E-state index >= 15 is 0 Å². The summed E-state index contributed by atoms with van der Waals surface area (Å²) in [6.07, 6.45) is -2.80. The van der Waals surface area contributed by atoms with Gasteiger partial charge in [-0.1, -0.05) is 0 Å². The van der Waals surface area contributed by atoms with Gasteiger partial charge < -0.3 is 9.47 Å². The Labute approximate surface area is 108 Å². The van der Waals surface area contributed by atoms with Crippen LogP contribution in [0.1, 0.15) is 6.92 Å². The van der Waals surface area contributed by atoms with Gasteiger partial charge in [-0.05, 0) is 36.6 Å². The average molecular weight is 271 g/mol. The van der Waals surface area contributed by atoms with Gasteiger partial charge in [0.15, 0.2) is 6.61 Å². The number of ether oxygens (including phenoxy) is 2. The van der Waals surface area contributed by atoms with Gasteiger partial charge >= 0.3 is 6.18 Å². The lowest BCUT2D eigenvalue weighted by atomic mass is 10.1. The standard InChI is InChI=1S/C13H12F3NO2/c1-2-18-12-11-4-3-10(19-8-13(14,15)16)7-9(11)5-6-17-12/h3-7H,2,8H2,1H3. The van der Waals surface area contributed by atoms with Crippen LogP contribution in [0.25, 0.3) is 10.8 Å². The molecule has 0 saturated carbocycles. The summed E-state index contributed by atoms with van der Waals surface area (Å²) in [5.41, 5.74) is 0. The summed E-state index contributed by atoms with van der Waals surface area (Å²) in [4.78, 5) is 4.07. The van der Waals surface area contributed by atoms with E-state index in [1.807, 2.05) is 6.92 Å². The lowest BCUT2D eigenvalue weighted by molar-refractivity contribution is -0.153. The highest BCUT2D eigenvalue weighted by Crippen LogP contribution is 2.27. The summed E-state index contributed by atoms with van der Waals surface area (Å²) in [6, 6.07) is 6.33. The van der Waals surface area contributed by atoms with E-state index in [0.717, 1.165) is 10.8 Å². The van der Waals surface area contributed by atoms with Crippen molar-refractivity contribution in [2.24, 2.45) is 0 Å². The van der Waals surface area contributed by atoms with E-state index in [4.69, 9.17) is 9.47 Å². The van der Waals surface area contributed by atoms with Crippen molar-refractivity contribution in [2.45, 2.75) is 13.1 Å². The predicted molar refractivity (Wildman–Crippen MR) is 64.5 cm³/mol. The van der Waals surface area contributed by atoms with E-state index in [9.17, 15) is 13.2 Å². The fraction of sp³-hybridized carbons (Fsp3) is 0.308. The average Bonchev–Trinajstić information content (AvgIpc) is 2.36. The number of halogens is 3. The van der Waals surface area contributed by atoms with Gasteiger partial charge in [-0.2, -0.15) is 13.2 Å². The van der Waals surface area contributed by atoms with E-state index in [1.54, 1.807) is 18.3 Å². The lowest BCUT2D eigenvalue weighted by Gasteiger charge is -2.10. The highest BCUT2D eigenvalue weighted by molar-refractivity contribution is 5.87. The van der Waals surface area contributed by atoms with E-state index in [0.29, 0.717) is 12.5 Å².